The summed E-state index contributed by atoms with van der Waals surface area (Å²) in [6.07, 6.45) is 8.55. The van der Waals surface area contributed by atoms with Gasteiger partial charge in [-0.05, 0) is 12.8 Å². The van der Waals surface area contributed by atoms with Crippen molar-refractivity contribution in [1.82, 2.24) is 5.32 Å². The highest BCUT2D eigenvalue weighted by Gasteiger charge is 2.02. The van der Waals surface area contributed by atoms with Gasteiger partial charge in [0.15, 0.2) is 12.4 Å². The Morgan fingerprint density at radius 3 is 2.59 bits per heavy atom. The largest absolute Gasteiger partial charge is 0.356 e. The van der Waals surface area contributed by atoms with E-state index < -0.39 is 0 Å². The predicted molar refractivity (Wildman–Crippen MR) is 68.1 cm³/mol. The van der Waals surface area contributed by atoms with Gasteiger partial charge < -0.3 is 5.32 Å². The summed E-state index contributed by atoms with van der Waals surface area (Å²) < 4.78 is 2.14. The highest BCUT2D eigenvalue weighted by Crippen LogP contribution is 1.95. The van der Waals surface area contributed by atoms with Crippen LogP contribution in [0.4, 0.5) is 0 Å². The summed E-state index contributed by atoms with van der Waals surface area (Å²) in [5.74, 6) is 0.163. The number of nitrogens with one attached hydrogen (secondary N) is 1. The molecule has 0 fully saturated rings. The second-order valence-electron chi connectivity index (χ2n) is 4.13. The molecule has 0 aliphatic rings. The minimum atomic E-state index is 0.163. The third kappa shape index (κ3) is 6.72. The van der Waals surface area contributed by atoms with Gasteiger partial charge in [0.05, 0.1) is 0 Å². The molecule has 3 heteroatoms. The number of nitrogens with zero attached hydrogens (tertiary/aromatic N) is 1. The maximum atomic E-state index is 11.4. The lowest BCUT2D eigenvalue weighted by Gasteiger charge is -2.03. The van der Waals surface area contributed by atoms with Gasteiger partial charge in [-0.25, -0.2) is 4.57 Å². The molecule has 0 saturated heterocycles. The van der Waals surface area contributed by atoms with Crippen LogP contribution < -0.4 is 9.88 Å². The standard InChI is InChI=1S/C14H21N2O/c1-2-3-10-15-14(17)9-5-8-13-16-11-6-4-7-12-16/h4,6-7,11-12H,1-3,5,8-10,13H2/p+1. The Hall–Kier alpha value is -1.38. The molecule has 1 amide bonds. The van der Waals surface area contributed by atoms with Crippen LogP contribution in [0.1, 0.15) is 32.1 Å². The first-order chi connectivity index (χ1) is 8.33. The Morgan fingerprint density at radius 2 is 1.88 bits per heavy atom. The Bertz CT molecular complexity index is 311. The van der Waals surface area contributed by atoms with Gasteiger partial charge in [-0.2, -0.15) is 0 Å². The number of pyridine rings is 1. The van der Waals surface area contributed by atoms with Gasteiger partial charge in [0.1, 0.15) is 6.54 Å². The summed E-state index contributed by atoms with van der Waals surface area (Å²) in [5, 5.41) is 2.90. The molecule has 17 heavy (non-hydrogen) atoms. The third-order valence-corrected chi connectivity index (χ3v) is 2.60. The molecule has 3 nitrogen and oxygen atoms in total. The average molecular weight is 234 g/mol. The van der Waals surface area contributed by atoms with Crippen molar-refractivity contribution in [3.05, 3.63) is 37.5 Å². The number of carbonyl (C=O) groups excluding carboxylic acids is 1. The maximum Gasteiger partial charge on any atom is 0.219 e. The first-order valence-corrected chi connectivity index (χ1v) is 6.33. The molecular formula is C14H22N2O+. The summed E-state index contributed by atoms with van der Waals surface area (Å²) in [6, 6.07) is 6.05. The van der Waals surface area contributed by atoms with Crippen LogP contribution in [0.5, 0.6) is 0 Å². The molecule has 1 radical (unpaired) electrons. The van der Waals surface area contributed by atoms with Gasteiger partial charge in [0.25, 0.3) is 0 Å². The van der Waals surface area contributed by atoms with E-state index in [1.165, 1.54) is 0 Å². The number of hydrogen-bond donors (Lipinski definition) is 1. The molecule has 0 aliphatic heterocycles. The molecule has 0 spiro atoms. The van der Waals surface area contributed by atoms with Crippen molar-refractivity contribution in [2.75, 3.05) is 6.54 Å². The van der Waals surface area contributed by atoms with Gasteiger partial charge in [0.2, 0.25) is 5.91 Å². The van der Waals surface area contributed by atoms with E-state index in [1.54, 1.807) is 0 Å². The SMILES string of the molecule is [CH2]CCCNC(=O)CCCC[n+]1ccccc1. The molecular weight excluding hydrogens is 212 g/mol. The normalized spacial score (nSPS) is 10.2. The van der Waals surface area contributed by atoms with Crippen molar-refractivity contribution in [3.63, 3.8) is 0 Å². The van der Waals surface area contributed by atoms with Crippen LogP contribution in [-0.2, 0) is 11.3 Å². The second-order valence-corrected chi connectivity index (χ2v) is 4.13. The van der Waals surface area contributed by atoms with E-state index in [1.807, 2.05) is 30.6 Å². The number of carbonyl (C=O) groups is 1. The Kier molecular flexibility index (Phi) is 7.03. The van der Waals surface area contributed by atoms with Crippen LogP contribution in [0.3, 0.4) is 0 Å². The number of aromatic nitrogens is 1. The minimum absolute atomic E-state index is 0.163. The highest BCUT2D eigenvalue weighted by molar-refractivity contribution is 5.75. The quantitative estimate of drug-likeness (QED) is 0.540. The predicted octanol–water partition coefficient (Wildman–Crippen LogP) is 1.87. The second kappa shape index (κ2) is 8.74. The average Bonchev–Trinajstić information content (AvgIpc) is 2.36. The van der Waals surface area contributed by atoms with Crippen molar-refractivity contribution in [2.45, 2.75) is 38.6 Å². The molecule has 1 N–H and O–H groups in total. The van der Waals surface area contributed by atoms with Gasteiger partial charge in [-0.1, -0.05) is 19.4 Å². The monoisotopic (exact) mass is 234 g/mol. The van der Waals surface area contributed by atoms with Crippen LogP contribution in [0.15, 0.2) is 30.6 Å². The smallest absolute Gasteiger partial charge is 0.219 e. The van der Waals surface area contributed by atoms with E-state index in [9.17, 15) is 4.79 Å². The van der Waals surface area contributed by atoms with Crippen molar-refractivity contribution >= 4 is 5.91 Å². The number of amides is 1. The molecule has 93 valence electrons. The summed E-state index contributed by atoms with van der Waals surface area (Å²) in [5.41, 5.74) is 0. The molecule has 0 unspecified atom stereocenters. The van der Waals surface area contributed by atoms with Crippen LogP contribution in [0.25, 0.3) is 0 Å². The van der Waals surface area contributed by atoms with Crippen LogP contribution >= 0.6 is 0 Å². The van der Waals surface area contributed by atoms with Crippen molar-refractivity contribution in [1.29, 1.82) is 0 Å². The lowest BCUT2D eigenvalue weighted by molar-refractivity contribution is -0.697. The lowest BCUT2D eigenvalue weighted by Crippen LogP contribution is -2.32. The molecule has 0 aromatic carbocycles. The molecule has 0 aliphatic carbocycles. The number of unbranched alkanes of at least 4 members (excludes halogenated alkanes) is 2. The zero-order valence-corrected chi connectivity index (χ0v) is 10.4. The molecule has 1 rings (SSSR count). The van der Waals surface area contributed by atoms with E-state index >= 15 is 0 Å². The zero-order valence-electron chi connectivity index (χ0n) is 10.4. The highest BCUT2D eigenvalue weighted by atomic mass is 16.1. The van der Waals surface area contributed by atoms with Gasteiger partial charge in [0, 0.05) is 31.5 Å². The lowest BCUT2D eigenvalue weighted by atomic mass is 10.2. The summed E-state index contributed by atoms with van der Waals surface area (Å²) in [7, 11) is 0. The van der Waals surface area contributed by atoms with Crippen molar-refractivity contribution < 1.29 is 9.36 Å². The molecule has 1 aromatic heterocycles. The Morgan fingerprint density at radius 1 is 1.12 bits per heavy atom. The molecule has 1 heterocycles. The maximum absolute atomic E-state index is 11.4. The Balaban J connectivity index is 2.02. The van der Waals surface area contributed by atoms with E-state index in [0.29, 0.717) is 6.42 Å². The number of rotatable bonds is 8. The molecule has 1 aromatic rings. The topological polar surface area (TPSA) is 33.0 Å². The van der Waals surface area contributed by atoms with Crippen molar-refractivity contribution in [3.8, 4) is 0 Å². The fourth-order valence-corrected chi connectivity index (χ4v) is 1.60. The molecule has 0 saturated carbocycles. The summed E-state index contributed by atoms with van der Waals surface area (Å²) in [4.78, 5) is 11.4. The van der Waals surface area contributed by atoms with Crippen LogP contribution in [0.2, 0.25) is 0 Å². The van der Waals surface area contributed by atoms with E-state index in [-0.39, 0.29) is 5.91 Å². The summed E-state index contributed by atoms with van der Waals surface area (Å²) in [6.45, 7) is 5.48. The minimum Gasteiger partial charge on any atom is -0.356 e. The van der Waals surface area contributed by atoms with Crippen LogP contribution in [0, 0.1) is 6.92 Å². The van der Waals surface area contributed by atoms with Crippen LogP contribution in [-0.4, -0.2) is 12.5 Å². The Labute approximate surface area is 104 Å². The van der Waals surface area contributed by atoms with E-state index in [4.69, 9.17) is 0 Å². The zero-order chi connectivity index (χ0) is 12.3. The molecule has 0 atom stereocenters. The summed E-state index contributed by atoms with van der Waals surface area (Å²) >= 11 is 0. The fourth-order valence-electron chi connectivity index (χ4n) is 1.60. The van der Waals surface area contributed by atoms with E-state index in [0.717, 1.165) is 38.8 Å². The van der Waals surface area contributed by atoms with Gasteiger partial charge in [-0.15, -0.1) is 0 Å². The molecule has 0 bridgehead atoms. The first kappa shape index (κ1) is 13.7. The first-order valence-electron chi connectivity index (χ1n) is 6.33. The van der Waals surface area contributed by atoms with Gasteiger partial charge in [-0.3, -0.25) is 4.79 Å². The number of aryl methyl sites for hydroxylation is 1. The van der Waals surface area contributed by atoms with Crippen molar-refractivity contribution in [2.24, 2.45) is 0 Å². The third-order valence-electron chi connectivity index (χ3n) is 2.60. The number of hydrogen-bond acceptors (Lipinski definition) is 1. The van der Waals surface area contributed by atoms with E-state index in [2.05, 4.69) is 16.8 Å². The fraction of sp³-hybridized carbons (Fsp3) is 0.500. The van der Waals surface area contributed by atoms with Gasteiger partial charge >= 0.3 is 0 Å².